The molecule has 0 amide bonds. The van der Waals surface area contributed by atoms with E-state index in [4.69, 9.17) is 4.74 Å². The van der Waals surface area contributed by atoms with E-state index in [9.17, 15) is 8.42 Å². The lowest BCUT2D eigenvalue weighted by atomic mass is 9.94. The fourth-order valence-corrected chi connectivity index (χ4v) is 5.18. The summed E-state index contributed by atoms with van der Waals surface area (Å²) in [6.07, 6.45) is 4.16. The lowest BCUT2D eigenvalue weighted by Crippen LogP contribution is -2.42. The van der Waals surface area contributed by atoms with Crippen molar-refractivity contribution < 1.29 is 13.2 Å². The van der Waals surface area contributed by atoms with Gasteiger partial charge in [-0.2, -0.15) is 0 Å². The van der Waals surface area contributed by atoms with Crippen LogP contribution in [0.4, 0.5) is 0 Å². The van der Waals surface area contributed by atoms with Crippen molar-refractivity contribution in [3.05, 3.63) is 0 Å². The lowest BCUT2D eigenvalue weighted by molar-refractivity contribution is 0.0343. The Labute approximate surface area is 136 Å². The van der Waals surface area contributed by atoms with Crippen LogP contribution in [0.3, 0.4) is 0 Å². The van der Waals surface area contributed by atoms with Crippen molar-refractivity contribution in [1.29, 1.82) is 0 Å². The first-order valence-electron chi connectivity index (χ1n) is 8.79. The van der Waals surface area contributed by atoms with Crippen molar-refractivity contribution >= 4 is 10.0 Å². The van der Waals surface area contributed by atoms with Gasteiger partial charge in [-0.05, 0) is 37.6 Å². The molecule has 2 aliphatic rings. The monoisotopic (exact) mass is 332 g/mol. The maximum absolute atomic E-state index is 12.4. The van der Waals surface area contributed by atoms with Crippen LogP contribution in [0.25, 0.3) is 0 Å². The molecule has 2 heterocycles. The Morgan fingerprint density at radius 3 is 2.36 bits per heavy atom. The van der Waals surface area contributed by atoms with Crippen LogP contribution in [0.5, 0.6) is 0 Å². The van der Waals surface area contributed by atoms with Crippen LogP contribution in [0.1, 0.15) is 39.5 Å². The van der Waals surface area contributed by atoms with Gasteiger partial charge in [-0.25, -0.2) is 12.7 Å². The summed E-state index contributed by atoms with van der Waals surface area (Å²) in [4.78, 5) is 2.47. The Kier molecular flexibility index (Phi) is 7.12. The van der Waals surface area contributed by atoms with Crippen LogP contribution in [0.15, 0.2) is 0 Å². The number of piperidine rings is 1. The first-order chi connectivity index (χ1) is 10.5. The highest BCUT2D eigenvalue weighted by Gasteiger charge is 2.29. The summed E-state index contributed by atoms with van der Waals surface area (Å²) in [5.74, 6) is 1.24. The van der Waals surface area contributed by atoms with Gasteiger partial charge in [-0.3, -0.25) is 4.90 Å². The molecule has 2 aliphatic heterocycles. The van der Waals surface area contributed by atoms with E-state index in [2.05, 4.69) is 11.8 Å². The second-order valence-corrected chi connectivity index (χ2v) is 8.89. The van der Waals surface area contributed by atoms with Gasteiger partial charge >= 0.3 is 0 Å². The zero-order valence-electron chi connectivity index (χ0n) is 14.2. The molecule has 0 saturated carbocycles. The highest BCUT2D eigenvalue weighted by molar-refractivity contribution is 7.89. The Morgan fingerprint density at radius 1 is 1.14 bits per heavy atom. The summed E-state index contributed by atoms with van der Waals surface area (Å²) in [6, 6.07) is 0. The van der Waals surface area contributed by atoms with E-state index < -0.39 is 10.0 Å². The highest BCUT2D eigenvalue weighted by Crippen LogP contribution is 2.24. The molecule has 2 fully saturated rings. The molecule has 5 nitrogen and oxygen atoms in total. The molecule has 1 atom stereocenters. The SMILES string of the molecule is CCC(C)CS(=O)(=O)N1CCC(CCN2CCOCC2)CC1. The first-order valence-corrected chi connectivity index (χ1v) is 10.4. The Hall–Kier alpha value is -0.170. The van der Waals surface area contributed by atoms with Crippen LogP contribution in [0.2, 0.25) is 0 Å². The second kappa shape index (κ2) is 8.62. The second-order valence-electron chi connectivity index (χ2n) is 6.88. The zero-order chi connectivity index (χ0) is 16.0. The maximum Gasteiger partial charge on any atom is 0.214 e. The molecule has 1 unspecified atom stereocenters. The molecule has 0 spiro atoms. The van der Waals surface area contributed by atoms with Gasteiger partial charge < -0.3 is 4.74 Å². The number of hydrogen-bond acceptors (Lipinski definition) is 4. The minimum absolute atomic E-state index is 0.254. The van der Waals surface area contributed by atoms with Crippen molar-refractivity contribution in [3.8, 4) is 0 Å². The van der Waals surface area contributed by atoms with Crippen LogP contribution >= 0.6 is 0 Å². The summed E-state index contributed by atoms with van der Waals surface area (Å²) in [5, 5.41) is 0. The van der Waals surface area contributed by atoms with Crippen molar-refractivity contribution in [2.75, 3.05) is 51.7 Å². The van der Waals surface area contributed by atoms with Gasteiger partial charge in [0.2, 0.25) is 10.0 Å². The van der Waals surface area contributed by atoms with Gasteiger partial charge in [0.05, 0.1) is 19.0 Å². The van der Waals surface area contributed by atoms with Gasteiger partial charge in [0.25, 0.3) is 0 Å². The summed E-state index contributed by atoms with van der Waals surface area (Å²) in [7, 11) is -3.05. The van der Waals surface area contributed by atoms with E-state index in [1.54, 1.807) is 4.31 Å². The fraction of sp³-hybridized carbons (Fsp3) is 1.00. The van der Waals surface area contributed by atoms with E-state index in [-0.39, 0.29) is 5.92 Å². The normalized spacial score (nSPS) is 24.5. The standard InChI is InChI=1S/C16H32N2O3S/c1-3-15(2)14-22(19,20)18-8-5-16(6-9-18)4-7-17-10-12-21-13-11-17/h15-16H,3-14H2,1-2H3. The van der Waals surface area contributed by atoms with Gasteiger partial charge in [0, 0.05) is 26.2 Å². The number of ether oxygens (including phenoxy) is 1. The molecule has 0 aromatic rings. The van der Waals surface area contributed by atoms with Crippen molar-refractivity contribution in [1.82, 2.24) is 9.21 Å². The van der Waals surface area contributed by atoms with E-state index in [1.165, 1.54) is 6.42 Å². The molecule has 0 aromatic carbocycles. The summed E-state index contributed by atoms with van der Waals surface area (Å²) >= 11 is 0. The summed E-state index contributed by atoms with van der Waals surface area (Å²) in [5.41, 5.74) is 0. The molecule has 0 aromatic heterocycles. The third-order valence-electron chi connectivity index (χ3n) is 5.12. The van der Waals surface area contributed by atoms with E-state index in [1.807, 2.05) is 6.92 Å². The van der Waals surface area contributed by atoms with Crippen molar-refractivity contribution in [2.24, 2.45) is 11.8 Å². The maximum atomic E-state index is 12.4. The molecule has 2 saturated heterocycles. The quantitative estimate of drug-likeness (QED) is 0.713. The van der Waals surface area contributed by atoms with Crippen molar-refractivity contribution in [3.63, 3.8) is 0 Å². The number of rotatable bonds is 7. The van der Waals surface area contributed by atoms with Gasteiger partial charge in [0.1, 0.15) is 0 Å². The fourth-order valence-electron chi connectivity index (χ4n) is 3.25. The molecule has 130 valence electrons. The van der Waals surface area contributed by atoms with Gasteiger partial charge in [0.15, 0.2) is 0 Å². The molecular weight excluding hydrogens is 300 g/mol. The van der Waals surface area contributed by atoms with Crippen molar-refractivity contribution in [2.45, 2.75) is 39.5 Å². The minimum atomic E-state index is -3.05. The van der Waals surface area contributed by atoms with E-state index in [0.29, 0.717) is 24.8 Å². The van der Waals surface area contributed by atoms with Gasteiger partial charge in [-0.1, -0.05) is 20.3 Å². The third kappa shape index (κ3) is 5.48. The molecule has 0 aliphatic carbocycles. The molecular formula is C16H32N2O3S. The molecule has 22 heavy (non-hydrogen) atoms. The van der Waals surface area contributed by atoms with Crippen LogP contribution in [0, 0.1) is 11.8 Å². The third-order valence-corrected chi connectivity index (χ3v) is 7.26. The topological polar surface area (TPSA) is 49.9 Å². The lowest BCUT2D eigenvalue weighted by Gasteiger charge is -2.33. The predicted molar refractivity (Wildman–Crippen MR) is 89.4 cm³/mol. The predicted octanol–water partition coefficient (Wildman–Crippen LogP) is 1.80. The van der Waals surface area contributed by atoms with Crippen LogP contribution < -0.4 is 0 Å². The van der Waals surface area contributed by atoms with E-state index >= 15 is 0 Å². The smallest absolute Gasteiger partial charge is 0.214 e. The number of sulfonamides is 1. The average Bonchev–Trinajstić information content (AvgIpc) is 2.54. The summed E-state index contributed by atoms with van der Waals surface area (Å²) in [6.45, 7) is 10.4. The Bertz CT molecular complexity index is 413. The van der Waals surface area contributed by atoms with Crippen LogP contribution in [-0.2, 0) is 14.8 Å². The van der Waals surface area contributed by atoms with Gasteiger partial charge in [-0.15, -0.1) is 0 Å². The number of morpholine rings is 1. The molecule has 0 bridgehead atoms. The molecule has 0 radical (unpaired) electrons. The summed E-state index contributed by atoms with van der Waals surface area (Å²) < 4.78 is 31.8. The molecule has 6 heteroatoms. The number of nitrogens with zero attached hydrogens (tertiary/aromatic N) is 2. The van der Waals surface area contributed by atoms with E-state index in [0.717, 1.165) is 52.1 Å². The Balaban J connectivity index is 1.70. The van der Waals surface area contributed by atoms with Crippen LogP contribution in [-0.4, -0.2) is 69.3 Å². The largest absolute Gasteiger partial charge is 0.379 e. The minimum Gasteiger partial charge on any atom is -0.379 e. The molecule has 2 rings (SSSR count). The first kappa shape index (κ1) is 18.2. The average molecular weight is 333 g/mol. The zero-order valence-corrected chi connectivity index (χ0v) is 15.0. The Morgan fingerprint density at radius 2 is 1.77 bits per heavy atom. The highest BCUT2D eigenvalue weighted by atomic mass is 32.2. The number of hydrogen-bond donors (Lipinski definition) is 0. The molecule has 0 N–H and O–H groups in total.